The summed E-state index contributed by atoms with van der Waals surface area (Å²) >= 11 is 12.1. The van der Waals surface area contributed by atoms with Crippen molar-refractivity contribution < 1.29 is 0 Å². The average molecular weight is 258 g/mol. The smallest absolute Gasteiger partial charge is 0.0424 e. The molecule has 0 radical (unpaired) electrons. The van der Waals surface area contributed by atoms with Crippen molar-refractivity contribution in [2.75, 3.05) is 13.1 Å². The summed E-state index contributed by atoms with van der Waals surface area (Å²) in [7, 11) is 0. The monoisotopic (exact) mass is 257 g/mol. The zero-order valence-corrected chi connectivity index (χ0v) is 11.1. The fourth-order valence-electron chi connectivity index (χ4n) is 2.33. The van der Waals surface area contributed by atoms with Crippen LogP contribution in [0.15, 0.2) is 18.2 Å². The van der Waals surface area contributed by atoms with Gasteiger partial charge in [0, 0.05) is 16.1 Å². The molecule has 1 aliphatic heterocycles. The van der Waals surface area contributed by atoms with E-state index in [1.807, 2.05) is 12.1 Å². The maximum absolute atomic E-state index is 6.03. The van der Waals surface area contributed by atoms with Crippen LogP contribution in [0.3, 0.4) is 0 Å². The summed E-state index contributed by atoms with van der Waals surface area (Å²) in [5.41, 5.74) is 1.22. The lowest BCUT2D eigenvalue weighted by Gasteiger charge is -2.32. The molecule has 1 saturated heterocycles. The number of rotatable bonds is 2. The molecule has 0 spiro atoms. The molecule has 88 valence electrons. The number of likely N-dealkylation sites (tertiary alicyclic amines) is 1. The van der Waals surface area contributed by atoms with E-state index in [2.05, 4.69) is 11.8 Å². The van der Waals surface area contributed by atoms with Gasteiger partial charge in [-0.3, -0.25) is 4.90 Å². The molecule has 0 bridgehead atoms. The van der Waals surface area contributed by atoms with Crippen LogP contribution in [0.2, 0.25) is 10.0 Å². The zero-order chi connectivity index (χ0) is 11.5. The summed E-state index contributed by atoms with van der Waals surface area (Å²) in [5, 5.41) is 1.46. The van der Waals surface area contributed by atoms with Crippen LogP contribution < -0.4 is 0 Å². The Bertz CT molecular complexity index is 339. The molecule has 2 rings (SSSR count). The Kier molecular flexibility index (Phi) is 4.12. The number of hydrogen-bond donors (Lipinski definition) is 0. The van der Waals surface area contributed by atoms with Crippen LogP contribution in [-0.2, 0) is 0 Å². The minimum absolute atomic E-state index is 0.413. The molecule has 16 heavy (non-hydrogen) atoms. The minimum Gasteiger partial charge on any atom is -0.297 e. The van der Waals surface area contributed by atoms with E-state index in [1.54, 1.807) is 6.07 Å². The van der Waals surface area contributed by atoms with Crippen molar-refractivity contribution in [3.63, 3.8) is 0 Å². The van der Waals surface area contributed by atoms with Crippen molar-refractivity contribution >= 4 is 23.2 Å². The van der Waals surface area contributed by atoms with Crippen LogP contribution in [0.1, 0.15) is 37.8 Å². The normalized spacial score (nSPS) is 19.7. The van der Waals surface area contributed by atoms with Gasteiger partial charge in [-0.15, -0.1) is 0 Å². The molecule has 1 nitrogen and oxygen atoms in total. The Hall–Kier alpha value is -0.240. The molecule has 1 fully saturated rings. The lowest BCUT2D eigenvalue weighted by Crippen LogP contribution is -2.32. The second-order valence-corrected chi connectivity index (χ2v) is 5.35. The first kappa shape index (κ1) is 12.2. The van der Waals surface area contributed by atoms with Gasteiger partial charge in [0.15, 0.2) is 0 Å². The molecule has 0 N–H and O–H groups in total. The van der Waals surface area contributed by atoms with Crippen molar-refractivity contribution in [3.8, 4) is 0 Å². The van der Waals surface area contributed by atoms with E-state index >= 15 is 0 Å². The molecule has 3 heteroatoms. The quantitative estimate of drug-likeness (QED) is 0.752. The summed E-state index contributed by atoms with van der Waals surface area (Å²) < 4.78 is 0. The molecule has 1 aromatic rings. The molecular formula is C13H17Cl2N. The van der Waals surface area contributed by atoms with Gasteiger partial charge in [0.25, 0.3) is 0 Å². The van der Waals surface area contributed by atoms with Crippen LogP contribution in [0.25, 0.3) is 0 Å². The van der Waals surface area contributed by atoms with Gasteiger partial charge >= 0.3 is 0 Å². The lowest BCUT2D eigenvalue weighted by atomic mass is 10.0. The molecule has 0 unspecified atom stereocenters. The van der Waals surface area contributed by atoms with Crippen LogP contribution >= 0.6 is 23.2 Å². The standard InChI is InChI=1S/C13H17Cl2N/c1-10(16-5-3-2-4-6-16)11-7-12(14)9-13(15)8-11/h7-10H,2-6H2,1H3/t10-/m1/s1. The second kappa shape index (κ2) is 5.39. The molecule has 0 aliphatic carbocycles. The molecule has 1 aromatic carbocycles. The van der Waals surface area contributed by atoms with Crippen molar-refractivity contribution in [3.05, 3.63) is 33.8 Å². The van der Waals surface area contributed by atoms with Gasteiger partial charge in [0.2, 0.25) is 0 Å². The third kappa shape index (κ3) is 2.91. The molecule has 0 saturated carbocycles. The predicted molar refractivity (Wildman–Crippen MR) is 70.3 cm³/mol. The Morgan fingerprint density at radius 1 is 1.00 bits per heavy atom. The van der Waals surface area contributed by atoms with Crippen LogP contribution in [0.5, 0.6) is 0 Å². The molecule has 1 aliphatic rings. The SMILES string of the molecule is C[C@H](c1cc(Cl)cc(Cl)c1)N1CCCCC1. The van der Waals surface area contributed by atoms with E-state index in [4.69, 9.17) is 23.2 Å². The van der Waals surface area contributed by atoms with Gasteiger partial charge in [-0.25, -0.2) is 0 Å². The second-order valence-electron chi connectivity index (χ2n) is 4.48. The van der Waals surface area contributed by atoms with Crippen molar-refractivity contribution in [2.24, 2.45) is 0 Å². The van der Waals surface area contributed by atoms with Gasteiger partial charge in [0.1, 0.15) is 0 Å². The van der Waals surface area contributed by atoms with Gasteiger partial charge in [-0.1, -0.05) is 29.6 Å². The van der Waals surface area contributed by atoms with Crippen LogP contribution in [0.4, 0.5) is 0 Å². The van der Waals surface area contributed by atoms with Crippen molar-refractivity contribution in [2.45, 2.75) is 32.2 Å². The van der Waals surface area contributed by atoms with E-state index in [0.717, 1.165) is 10.0 Å². The van der Waals surface area contributed by atoms with Crippen LogP contribution in [-0.4, -0.2) is 18.0 Å². The Morgan fingerprint density at radius 2 is 1.56 bits per heavy atom. The Morgan fingerprint density at radius 3 is 2.12 bits per heavy atom. The molecule has 0 aromatic heterocycles. The largest absolute Gasteiger partial charge is 0.297 e. The molecule has 1 atom stereocenters. The van der Waals surface area contributed by atoms with Gasteiger partial charge < -0.3 is 0 Å². The topological polar surface area (TPSA) is 3.24 Å². The highest BCUT2D eigenvalue weighted by molar-refractivity contribution is 6.34. The van der Waals surface area contributed by atoms with Crippen LogP contribution in [0, 0.1) is 0 Å². The summed E-state index contributed by atoms with van der Waals surface area (Å²) in [4.78, 5) is 2.51. The van der Waals surface area contributed by atoms with Gasteiger partial charge in [-0.05, 0) is 56.6 Å². The number of halogens is 2. The summed E-state index contributed by atoms with van der Waals surface area (Å²) in [6.07, 6.45) is 3.97. The first-order chi connectivity index (χ1) is 7.66. The fraction of sp³-hybridized carbons (Fsp3) is 0.538. The third-order valence-corrected chi connectivity index (χ3v) is 3.74. The first-order valence-corrected chi connectivity index (χ1v) is 6.62. The summed E-state index contributed by atoms with van der Waals surface area (Å²) in [5.74, 6) is 0. The maximum atomic E-state index is 6.03. The van der Waals surface area contributed by atoms with E-state index in [-0.39, 0.29) is 0 Å². The van der Waals surface area contributed by atoms with E-state index in [9.17, 15) is 0 Å². The zero-order valence-electron chi connectivity index (χ0n) is 9.55. The van der Waals surface area contributed by atoms with Gasteiger partial charge in [-0.2, -0.15) is 0 Å². The Balaban J connectivity index is 2.15. The number of piperidine rings is 1. The molecular weight excluding hydrogens is 241 g/mol. The predicted octanol–water partition coefficient (Wildman–Crippen LogP) is 4.54. The van der Waals surface area contributed by atoms with Gasteiger partial charge in [0.05, 0.1) is 0 Å². The highest BCUT2D eigenvalue weighted by atomic mass is 35.5. The third-order valence-electron chi connectivity index (χ3n) is 3.31. The van der Waals surface area contributed by atoms with E-state index < -0.39 is 0 Å². The summed E-state index contributed by atoms with van der Waals surface area (Å²) in [6.45, 7) is 4.60. The van der Waals surface area contributed by atoms with Crippen molar-refractivity contribution in [1.29, 1.82) is 0 Å². The highest BCUT2D eigenvalue weighted by Crippen LogP contribution is 2.28. The highest BCUT2D eigenvalue weighted by Gasteiger charge is 2.18. The lowest BCUT2D eigenvalue weighted by molar-refractivity contribution is 0.175. The number of hydrogen-bond acceptors (Lipinski definition) is 1. The van der Waals surface area contributed by atoms with E-state index in [1.165, 1.54) is 37.9 Å². The molecule has 0 amide bonds. The van der Waals surface area contributed by atoms with E-state index in [0.29, 0.717) is 6.04 Å². The summed E-state index contributed by atoms with van der Waals surface area (Å²) in [6, 6.07) is 6.24. The fourth-order valence-corrected chi connectivity index (χ4v) is 2.88. The number of benzene rings is 1. The Labute approximate surface area is 107 Å². The minimum atomic E-state index is 0.413. The first-order valence-electron chi connectivity index (χ1n) is 5.87. The maximum Gasteiger partial charge on any atom is 0.0424 e. The van der Waals surface area contributed by atoms with Crippen molar-refractivity contribution in [1.82, 2.24) is 4.90 Å². The molecule has 1 heterocycles. The number of nitrogens with zero attached hydrogens (tertiary/aromatic N) is 1. The average Bonchev–Trinajstić information content (AvgIpc) is 2.28.